The van der Waals surface area contributed by atoms with Crippen molar-refractivity contribution in [3.05, 3.63) is 58.9 Å². The molecule has 0 spiro atoms. The fourth-order valence-electron chi connectivity index (χ4n) is 3.38. The van der Waals surface area contributed by atoms with Crippen molar-refractivity contribution in [2.24, 2.45) is 7.05 Å². The minimum absolute atomic E-state index is 0.0399. The highest BCUT2D eigenvalue weighted by atomic mass is 32.2. The first-order valence-electron chi connectivity index (χ1n) is 9.67. The number of aliphatic hydroxyl groups is 1. The zero-order valence-electron chi connectivity index (χ0n) is 17.4. The van der Waals surface area contributed by atoms with Gasteiger partial charge in [-0.15, -0.1) is 0 Å². The van der Waals surface area contributed by atoms with Crippen LogP contribution >= 0.6 is 0 Å². The van der Waals surface area contributed by atoms with Gasteiger partial charge in [0.25, 0.3) is 5.56 Å². The van der Waals surface area contributed by atoms with E-state index in [0.29, 0.717) is 22.3 Å². The van der Waals surface area contributed by atoms with Crippen molar-refractivity contribution in [2.75, 3.05) is 20.3 Å². The minimum Gasteiger partial charge on any atom is -0.496 e. The van der Waals surface area contributed by atoms with E-state index < -0.39 is 10.0 Å². The van der Waals surface area contributed by atoms with E-state index in [4.69, 9.17) is 9.84 Å². The molecule has 166 valence electrons. The number of benzene rings is 2. The number of H-pyrrole nitrogens is 1. The highest BCUT2D eigenvalue weighted by molar-refractivity contribution is 7.89. The summed E-state index contributed by atoms with van der Waals surface area (Å²) in [6.07, 6.45) is 0. The molecule has 0 amide bonds. The maximum Gasteiger partial charge on any atom is 0.262 e. The Hall–Kier alpha value is -3.54. The molecule has 0 fully saturated rings. The monoisotopic (exact) mass is 455 g/mol. The number of rotatable bonds is 7. The number of ether oxygens (including phenoxy) is 1. The summed E-state index contributed by atoms with van der Waals surface area (Å²) < 4.78 is 33.9. The molecule has 0 saturated heterocycles. The number of sulfonamides is 1. The molecule has 0 radical (unpaired) electrons. The normalized spacial score (nSPS) is 11.7. The van der Waals surface area contributed by atoms with Crippen LogP contribution in [0.3, 0.4) is 0 Å². The summed E-state index contributed by atoms with van der Waals surface area (Å²) in [5.41, 5.74) is 1.73. The number of aromatic amines is 1. The molecule has 2 heterocycles. The van der Waals surface area contributed by atoms with Crippen LogP contribution in [0.1, 0.15) is 0 Å². The van der Waals surface area contributed by atoms with Crippen molar-refractivity contribution in [3.63, 3.8) is 0 Å². The Morgan fingerprint density at radius 3 is 2.62 bits per heavy atom. The zero-order valence-corrected chi connectivity index (χ0v) is 18.2. The summed E-state index contributed by atoms with van der Waals surface area (Å²) >= 11 is 0. The average Bonchev–Trinajstić information content (AvgIpc) is 3.15. The third-order valence-corrected chi connectivity index (χ3v) is 6.34. The lowest BCUT2D eigenvalue weighted by atomic mass is 10.1. The molecule has 0 aliphatic heterocycles. The van der Waals surface area contributed by atoms with Gasteiger partial charge in [-0.25, -0.2) is 22.8 Å². The Kier molecular flexibility index (Phi) is 5.78. The summed E-state index contributed by atoms with van der Waals surface area (Å²) in [4.78, 5) is 20.3. The molecule has 0 aliphatic carbocycles. The van der Waals surface area contributed by atoms with Crippen molar-refractivity contribution < 1.29 is 18.3 Å². The van der Waals surface area contributed by atoms with Crippen LogP contribution in [0.4, 0.5) is 0 Å². The molecular weight excluding hydrogens is 434 g/mol. The standard InChI is InChI=1S/C21H21N5O5S/c1-26-20-17(18(25-26)13-6-4-3-5-7-13)21(28)24-19(23-20)15-9-8-14(12-16(15)31-2)32(29,30)22-10-11-27/h3-9,12,22,27H,10-11H2,1-2H3,(H,23,24,28). The molecule has 3 N–H and O–H groups in total. The van der Waals surface area contributed by atoms with Crippen LogP contribution in [-0.2, 0) is 17.1 Å². The zero-order chi connectivity index (χ0) is 22.9. The molecule has 11 heteroatoms. The van der Waals surface area contributed by atoms with Crippen LogP contribution in [0.15, 0.2) is 58.2 Å². The molecule has 2 aromatic heterocycles. The predicted molar refractivity (Wildman–Crippen MR) is 119 cm³/mol. The number of hydrogen-bond donors (Lipinski definition) is 3. The van der Waals surface area contributed by atoms with Crippen LogP contribution in [0.25, 0.3) is 33.7 Å². The number of methoxy groups -OCH3 is 1. The van der Waals surface area contributed by atoms with Gasteiger partial charge in [0.2, 0.25) is 10.0 Å². The van der Waals surface area contributed by atoms with Gasteiger partial charge in [-0.2, -0.15) is 5.10 Å². The van der Waals surface area contributed by atoms with Crippen molar-refractivity contribution in [1.82, 2.24) is 24.5 Å². The van der Waals surface area contributed by atoms with Crippen LogP contribution in [-0.4, -0.2) is 53.5 Å². The van der Waals surface area contributed by atoms with Crippen molar-refractivity contribution in [2.45, 2.75) is 4.90 Å². The lowest BCUT2D eigenvalue weighted by Gasteiger charge is -2.11. The third-order valence-electron chi connectivity index (χ3n) is 4.88. The van der Waals surface area contributed by atoms with Gasteiger partial charge in [-0.3, -0.25) is 4.79 Å². The molecule has 0 unspecified atom stereocenters. The third kappa shape index (κ3) is 3.88. The second kappa shape index (κ2) is 8.54. The van der Waals surface area contributed by atoms with Gasteiger partial charge >= 0.3 is 0 Å². The highest BCUT2D eigenvalue weighted by Crippen LogP contribution is 2.31. The van der Waals surface area contributed by atoms with E-state index in [1.165, 1.54) is 30.0 Å². The first kappa shape index (κ1) is 21.7. The molecule has 10 nitrogen and oxygen atoms in total. The molecule has 0 saturated carbocycles. The second-order valence-corrected chi connectivity index (χ2v) is 8.70. The van der Waals surface area contributed by atoms with Crippen LogP contribution < -0.4 is 15.0 Å². The van der Waals surface area contributed by atoms with E-state index >= 15 is 0 Å². The van der Waals surface area contributed by atoms with Gasteiger partial charge in [0.15, 0.2) is 5.65 Å². The second-order valence-electron chi connectivity index (χ2n) is 6.93. The van der Waals surface area contributed by atoms with Crippen LogP contribution in [0.5, 0.6) is 5.75 Å². The largest absolute Gasteiger partial charge is 0.496 e. The topological polar surface area (TPSA) is 139 Å². The molecule has 0 aliphatic rings. The van der Waals surface area contributed by atoms with Gasteiger partial charge in [0.05, 0.1) is 24.2 Å². The molecule has 4 rings (SSSR count). The highest BCUT2D eigenvalue weighted by Gasteiger charge is 2.21. The van der Waals surface area contributed by atoms with Gasteiger partial charge in [0, 0.05) is 25.2 Å². The minimum atomic E-state index is -3.83. The molecular formula is C21H21N5O5S. The number of fused-ring (bicyclic) bond motifs is 1. The van der Waals surface area contributed by atoms with Gasteiger partial charge < -0.3 is 14.8 Å². The van der Waals surface area contributed by atoms with E-state index in [9.17, 15) is 13.2 Å². The van der Waals surface area contributed by atoms with Crippen molar-refractivity contribution >= 4 is 21.1 Å². The summed E-state index contributed by atoms with van der Waals surface area (Å²) in [5.74, 6) is 0.430. The smallest absolute Gasteiger partial charge is 0.262 e. The SMILES string of the molecule is COc1cc(S(=O)(=O)NCCO)ccc1-c1nc2c(c(-c3ccccc3)nn2C)c(=O)[nH]1. The first-order chi connectivity index (χ1) is 15.4. The maximum absolute atomic E-state index is 13.0. The fourth-order valence-corrected chi connectivity index (χ4v) is 4.42. The summed E-state index contributed by atoms with van der Waals surface area (Å²) in [6.45, 7) is -0.433. The molecule has 0 atom stereocenters. The van der Waals surface area contributed by atoms with Crippen molar-refractivity contribution in [3.8, 4) is 28.4 Å². The Morgan fingerprint density at radius 2 is 1.94 bits per heavy atom. The molecule has 32 heavy (non-hydrogen) atoms. The predicted octanol–water partition coefficient (Wildman–Crippen LogP) is 1.27. The van der Waals surface area contributed by atoms with E-state index in [-0.39, 0.29) is 35.2 Å². The lowest BCUT2D eigenvalue weighted by molar-refractivity contribution is 0.301. The van der Waals surface area contributed by atoms with E-state index in [2.05, 4.69) is 19.8 Å². The summed E-state index contributed by atoms with van der Waals surface area (Å²) in [6, 6.07) is 13.5. The molecule has 2 aromatic carbocycles. The molecule has 4 aromatic rings. The molecule has 0 bridgehead atoms. The van der Waals surface area contributed by atoms with Gasteiger partial charge in [-0.1, -0.05) is 30.3 Å². The number of nitrogens with zero attached hydrogens (tertiary/aromatic N) is 3. The van der Waals surface area contributed by atoms with Gasteiger partial charge in [0.1, 0.15) is 22.7 Å². The number of aliphatic hydroxyl groups excluding tert-OH is 1. The van der Waals surface area contributed by atoms with E-state index in [0.717, 1.165) is 5.56 Å². The summed E-state index contributed by atoms with van der Waals surface area (Å²) in [7, 11) is -0.735. The Labute approximate surface area is 183 Å². The van der Waals surface area contributed by atoms with Crippen LogP contribution in [0, 0.1) is 0 Å². The first-order valence-corrected chi connectivity index (χ1v) is 11.2. The van der Waals surface area contributed by atoms with Crippen LogP contribution in [0.2, 0.25) is 0 Å². The quantitative estimate of drug-likeness (QED) is 0.381. The van der Waals surface area contributed by atoms with E-state index in [1.807, 2.05) is 30.3 Å². The maximum atomic E-state index is 13.0. The average molecular weight is 455 g/mol. The summed E-state index contributed by atoms with van der Waals surface area (Å²) in [5, 5.41) is 13.7. The van der Waals surface area contributed by atoms with Gasteiger partial charge in [-0.05, 0) is 12.1 Å². The Bertz CT molecular complexity index is 1440. The Morgan fingerprint density at radius 1 is 1.19 bits per heavy atom. The lowest BCUT2D eigenvalue weighted by Crippen LogP contribution is -2.26. The number of hydrogen-bond acceptors (Lipinski definition) is 7. The van der Waals surface area contributed by atoms with E-state index in [1.54, 1.807) is 7.05 Å². The van der Waals surface area contributed by atoms with Crippen molar-refractivity contribution in [1.29, 1.82) is 0 Å². The Balaban J connectivity index is 1.84. The number of aryl methyl sites for hydroxylation is 1. The number of aromatic nitrogens is 4. The fraction of sp³-hybridized carbons (Fsp3) is 0.190. The number of nitrogens with one attached hydrogen (secondary N) is 2.